The number of aryl methyl sites for hydroxylation is 2. The van der Waals surface area contributed by atoms with Crippen LogP contribution in [-0.2, 0) is 12.8 Å². The SMILES string of the molecule is CC(C)P(c1ccc2c3c(cc[c]c13)CC2)C(C)C. The van der Waals surface area contributed by atoms with Crippen molar-refractivity contribution in [1.82, 2.24) is 0 Å². The Balaban J connectivity index is 2.26. The highest BCUT2D eigenvalue weighted by atomic mass is 31.1. The average Bonchev–Trinajstić information content (AvgIpc) is 2.77. The van der Waals surface area contributed by atoms with Gasteiger partial charge in [0.1, 0.15) is 0 Å². The van der Waals surface area contributed by atoms with Gasteiger partial charge in [-0.15, -0.1) is 0 Å². The zero-order chi connectivity index (χ0) is 13.6. The fourth-order valence-corrected chi connectivity index (χ4v) is 6.50. The van der Waals surface area contributed by atoms with E-state index >= 15 is 0 Å². The predicted molar refractivity (Wildman–Crippen MR) is 87.0 cm³/mol. The molecule has 0 bridgehead atoms. The number of rotatable bonds is 3. The number of benzene rings is 2. The van der Waals surface area contributed by atoms with Crippen LogP contribution in [0.4, 0.5) is 0 Å². The Morgan fingerprint density at radius 2 is 1.58 bits per heavy atom. The first kappa shape index (κ1) is 13.1. The Morgan fingerprint density at radius 1 is 0.947 bits per heavy atom. The maximum Gasteiger partial charge on any atom is -0.00224 e. The third-order valence-corrected chi connectivity index (χ3v) is 7.31. The summed E-state index contributed by atoms with van der Waals surface area (Å²) in [5.41, 5.74) is 4.55. The average molecular weight is 269 g/mol. The van der Waals surface area contributed by atoms with Crippen molar-refractivity contribution in [1.29, 1.82) is 0 Å². The van der Waals surface area contributed by atoms with E-state index in [1.165, 1.54) is 34.7 Å². The summed E-state index contributed by atoms with van der Waals surface area (Å²) in [6.45, 7) is 9.48. The normalized spacial score (nSPS) is 14.3. The van der Waals surface area contributed by atoms with E-state index < -0.39 is 0 Å². The molecule has 0 aromatic heterocycles. The molecule has 0 saturated carbocycles. The van der Waals surface area contributed by atoms with Gasteiger partial charge in [-0.2, -0.15) is 0 Å². The summed E-state index contributed by atoms with van der Waals surface area (Å²) in [5.74, 6) is 0. The first-order valence-electron chi connectivity index (χ1n) is 7.33. The van der Waals surface area contributed by atoms with Gasteiger partial charge in [-0.25, -0.2) is 0 Å². The van der Waals surface area contributed by atoms with Gasteiger partial charge in [-0.05, 0) is 57.4 Å². The molecule has 1 heteroatoms. The molecule has 0 atom stereocenters. The van der Waals surface area contributed by atoms with E-state index in [4.69, 9.17) is 0 Å². The molecule has 0 heterocycles. The van der Waals surface area contributed by atoms with Gasteiger partial charge < -0.3 is 0 Å². The standard InChI is InChI=1S/C18H22P/c1-12(2)19(13(3)4)17-11-10-15-9-8-14-6-5-7-16(17)18(14)15/h5-6,10-13H,8-9H2,1-4H3. The van der Waals surface area contributed by atoms with Crippen LogP contribution < -0.4 is 5.30 Å². The third-order valence-electron chi connectivity index (χ3n) is 4.16. The predicted octanol–water partition coefficient (Wildman–Crippen LogP) is 4.66. The molecule has 1 aliphatic carbocycles. The van der Waals surface area contributed by atoms with Crippen LogP contribution in [0.3, 0.4) is 0 Å². The molecular formula is C18H22P. The second kappa shape index (κ2) is 4.91. The Labute approximate surface area is 118 Å². The highest BCUT2D eigenvalue weighted by Crippen LogP contribution is 2.47. The zero-order valence-corrected chi connectivity index (χ0v) is 13.2. The van der Waals surface area contributed by atoms with E-state index in [0.29, 0.717) is 0 Å². The van der Waals surface area contributed by atoms with Gasteiger partial charge in [-0.1, -0.05) is 59.9 Å². The summed E-state index contributed by atoms with van der Waals surface area (Å²) in [5, 5.41) is 4.51. The fraction of sp³-hybridized carbons (Fsp3) is 0.444. The minimum Gasteiger partial charge on any atom is -0.0694 e. The lowest BCUT2D eigenvalue weighted by atomic mass is 10.1. The minimum atomic E-state index is -0.102. The van der Waals surface area contributed by atoms with Crippen LogP contribution in [0.5, 0.6) is 0 Å². The van der Waals surface area contributed by atoms with Gasteiger partial charge >= 0.3 is 0 Å². The van der Waals surface area contributed by atoms with Crippen LogP contribution in [-0.4, -0.2) is 11.3 Å². The van der Waals surface area contributed by atoms with Crippen LogP contribution in [0, 0.1) is 6.07 Å². The third kappa shape index (κ3) is 2.11. The summed E-state index contributed by atoms with van der Waals surface area (Å²) < 4.78 is 0. The van der Waals surface area contributed by atoms with E-state index in [-0.39, 0.29) is 7.92 Å². The second-order valence-corrected chi connectivity index (χ2v) is 9.45. The van der Waals surface area contributed by atoms with Crippen molar-refractivity contribution in [2.45, 2.75) is 51.9 Å². The quantitative estimate of drug-likeness (QED) is 0.711. The van der Waals surface area contributed by atoms with Crippen molar-refractivity contribution < 1.29 is 0 Å². The maximum absolute atomic E-state index is 3.55. The van der Waals surface area contributed by atoms with Crippen molar-refractivity contribution in [3.8, 4) is 0 Å². The van der Waals surface area contributed by atoms with Crippen molar-refractivity contribution >= 4 is 24.0 Å². The van der Waals surface area contributed by atoms with Gasteiger partial charge in [0.15, 0.2) is 0 Å². The molecule has 0 unspecified atom stereocenters. The molecule has 99 valence electrons. The van der Waals surface area contributed by atoms with Crippen molar-refractivity contribution in [3.63, 3.8) is 0 Å². The van der Waals surface area contributed by atoms with Gasteiger partial charge in [0, 0.05) is 0 Å². The second-order valence-electron chi connectivity index (χ2n) is 6.09. The van der Waals surface area contributed by atoms with Crippen LogP contribution in [0.1, 0.15) is 38.8 Å². The van der Waals surface area contributed by atoms with E-state index in [9.17, 15) is 0 Å². The molecule has 19 heavy (non-hydrogen) atoms. The van der Waals surface area contributed by atoms with Gasteiger partial charge in [0.2, 0.25) is 0 Å². The Kier molecular flexibility index (Phi) is 3.39. The molecule has 0 fully saturated rings. The molecular weight excluding hydrogens is 247 g/mol. The van der Waals surface area contributed by atoms with E-state index in [1.807, 2.05) is 0 Å². The molecule has 0 saturated heterocycles. The molecule has 3 rings (SSSR count). The van der Waals surface area contributed by atoms with Gasteiger partial charge in [0.05, 0.1) is 0 Å². The lowest BCUT2D eigenvalue weighted by Gasteiger charge is -2.27. The van der Waals surface area contributed by atoms with E-state index in [0.717, 1.165) is 11.3 Å². The van der Waals surface area contributed by atoms with E-state index in [2.05, 4.69) is 58.0 Å². The largest absolute Gasteiger partial charge is 0.0694 e. The number of hydrogen-bond donors (Lipinski definition) is 0. The smallest absolute Gasteiger partial charge is 0.00224 e. The zero-order valence-electron chi connectivity index (χ0n) is 12.3. The summed E-state index contributed by atoms with van der Waals surface area (Å²) >= 11 is 0. The van der Waals surface area contributed by atoms with E-state index in [1.54, 1.807) is 5.30 Å². The highest BCUT2D eigenvalue weighted by molar-refractivity contribution is 7.67. The van der Waals surface area contributed by atoms with Crippen molar-refractivity contribution in [2.24, 2.45) is 0 Å². The molecule has 0 spiro atoms. The van der Waals surface area contributed by atoms with Crippen molar-refractivity contribution in [3.05, 3.63) is 41.5 Å². The summed E-state index contributed by atoms with van der Waals surface area (Å²) in [7, 11) is -0.102. The first-order chi connectivity index (χ1) is 9.09. The monoisotopic (exact) mass is 269 g/mol. The fourth-order valence-electron chi connectivity index (χ4n) is 3.51. The van der Waals surface area contributed by atoms with Crippen LogP contribution in [0.25, 0.3) is 10.8 Å². The molecule has 2 aromatic rings. The molecule has 1 aliphatic rings. The molecule has 0 aliphatic heterocycles. The molecule has 1 radical (unpaired) electrons. The first-order valence-corrected chi connectivity index (χ1v) is 8.81. The van der Waals surface area contributed by atoms with Crippen LogP contribution in [0.2, 0.25) is 0 Å². The van der Waals surface area contributed by atoms with Crippen LogP contribution in [0.15, 0.2) is 24.3 Å². The van der Waals surface area contributed by atoms with Gasteiger partial charge in [0.25, 0.3) is 0 Å². The Morgan fingerprint density at radius 3 is 2.21 bits per heavy atom. The lowest BCUT2D eigenvalue weighted by Crippen LogP contribution is -2.16. The lowest BCUT2D eigenvalue weighted by molar-refractivity contribution is 1.02. The molecule has 0 amide bonds. The Hall–Kier alpha value is -0.870. The Bertz CT molecular complexity index is 592. The molecule has 0 nitrogen and oxygen atoms in total. The van der Waals surface area contributed by atoms with Gasteiger partial charge in [-0.3, -0.25) is 0 Å². The molecule has 2 aromatic carbocycles. The summed E-state index contributed by atoms with van der Waals surface area (Å²) in [6, 6.07) is 12.7. The minimum absolute atomic E-state index is 0.102. The topological polar surface area (TPSA) is 0 Å². The number of hydrogen-bond acceptors (Lipinski definition) is 0. The maximum atomic E-state index is 3.55. The highest BCUT2D eigenvalue weighted by Gasteiger charge is 2.23. The van der Waals surface area contributed by atoms with Crippen molar-refractivity contribution in [2.75, 3.05) is 0 Å². The summed E-state index contributed by atoms with van der Waals surface area (Å²) in [4.78, 5) is 0. The van der Waals surface area contributed by atoms with Crippen LogP contribution >= 0.6 is 7.92 Å². The summed E-state index contributed by atoms with van der Waals surface area (Å²) in [6.07, 6.45) is 2.43. The molecule has 0 N–H and O–H groups in total.